The number of amides is 4. The zero-order chi connectivity index (χ0) is 30.3. The van der Waals surface area contributed by atoms with E-state index in [1.807, 2.05) is 55.5 Å². The van der Waals surface area contributed by atoms with Crippen molar-refractivity contribution in [1.82, 2.24) is 5.32 Å². The van der Waals surface area contributed by atoms with Crippen molar-refractivity contribution in [3.05, 3.63) is 123 Å². The molecule has 0 aliphatic carbocycles. The highest BCUT2D eigenvalue weighted by Gasteiger charge is 2.37. The minimum Gasteiger partial charge on any atom is -0.490 e. The van der Waals surface area contributed by atoms with Crippen LogP contribution in [0, 0.1) is 0 Å². The minimum absolute atomic E-state index is 0.173. The molecule has 1 aliphatic rings. The molecule has 4 amide bonds. The first-order valence-corrected chi connectivity index (χ1v) is 14.5. The van der Waals surface area contributed by atoms with Gasteiger partial charge in [0.05, 0.1) is 12.3 Å². The summed E-state index contributed by atoms with van der Waals surface area (Å²) in [6.07, 6.45) is 1.40. The highest BCUT2D eigenvalue weighted by atomic mass is 79.9. The molecule has 1 N–H and O–H groups in total. The Morgan fingerprint density at radius 3 is 2.23 bits per heavy atom. The van der Waals surface area contributed by atoms with Gasteiger partial charge in [0.2, 0.25) is 0 Å². The van der Waals surface area contributed by atoms with Gasteiger partial charge in [0.1, 0.15) is 24.5 Å². The molecule has 1 heterocycles. The molecule has 0 radical (unpaired) electrons. The standard InChI is InChI=1S/C33H26BrClN2O6/c1-2-41-30-16-22(8-14-29(30)43-19-21-6-4-3-5-7-21)20-42-28-15-9-24(34)17-23(28)18-27-31(38)36-33(40)37(32(27)39)26-12-10-25(35)11-13-26/h3-18H,2,19-20H2,1H3,(H,36,38,40)/b27-18-. The summed E-state index contributed by atoms with van der Waals surface area (Å²) in [5.74, 6) is 0.0564. The van der Waals surface area contributed by atoms with E-state index in [2.05, 4.69) is 21.2 Å². The number of hydrogen-bond acceptors (Lipinski definition) is 6. The summed E-state index contributed by atoms with van der Waals surface area (Å²) in [6, 6.07) is 26.0. The monoisotopic (exact) mass is 660 g/mol. The topological polar surface area (TPSA) is 94.2 Å². The molecule has 0 aromatic heterocycles. The van der Waals surface area contributed by atoms with E-state index in [1.165, 1.54) is 18.2 Å². The highest BCUT2D eigenvalue weighted by Crippen LogP contribution is 2.32. The Balaban J connectivity index is 1.36. The van der Waals surface area contributed by atoms with Crippen LogP contribution in [0.4, 0.5) is 10.5 Å². The Bertz CT molecular complexity index is 1690. The molecule has 1 aliphatic heterocycles. The van der Waals surface area contributed by atoms with E-state index in [4.69, 9.17) is 25.8 Å². The number of ether oxygens (including phenoxy) is 3. The van der Waals surface area contributed by atoms with Crippen molar-refractivity contribution >= 4 is 57.1 Å². The maximum absolute atomic E-state index is 13.4. The molecule has 0 atom stereocenters. The summed E-state index contributed by atoms with van der Waals surface area (Å²) in [7, 11) is 0. The van der Waals surface area contributed by atoms with Crippen molar-refractivity contribution in [3.8, 4) is 17.2 Å². The Kier molecular flexibility index (Phi) is 9.44. The number of imide groups is 2. The fraction of sp³-hybridized carbons (Fsp3) is 0.121. The molecule has 8 nitrogen and oxygen atoms in total. The zero-order valence-corrected chi connectivity index (χ0v) is 25.4. The number of nitrogens with one attached hydrogen (secondary N) is 1. The largest absolute Gasteiger partial charge is 0.490 e. The van der Waals surface area contributed by atoms with Gasteiger partial charge in [0.25, 0.3) is 11.8 Å². The van der Waals surface area contributed by atoms with Gasteiger partial charge in [-0.3, -0.25) is 14.9 Å². The molecule has 10 heteroatoms. The number of carbonyl (C=O) groups is 3. The molecule has 1 fully saturated rings. The maximum Gasteiger partial charge on any atom is 0.335 e. The van der Waals surface area contributed by atoms with Crippen molar-refractivity contribution in [1.29, 1.82) is 0 Å². The molecule has 0 bridgehead atoms. The lowest BCUT2D eigenvalue weighted by Crippen LogP contribution is -2.54. The van der Waals surface area contributed by atoms with E-state index < -0.39 is 17.8 Å². The van der Waals surface area contributed by atoms with E-state index in [9.17, 15) is 14.4 Å². The summed E-state index contributed by atoms with van der Waals surface area (Å²) in [6.45, 7) is 2.94. The maximum atomic E-state index is 13.4. The lowest BCUT2D eigenvalue weighted by atomic mass is 10.1. The Morgan fingerprint density at radius 1 is 0.791 bits per heavy atom. The predicted molar refractivity (Wildman–Crippen MR) is 167 cm³/mol. The third kappa shape index (κ3) is 7.25. The fourth-order valence-corrected chi connectivity index (χ4v) is 4.83. The van der Waals surface area contributed by atoms with Crippen LogP contribution < -0.4 is 24.4 Å². The first kappa shape index (κ1) is 29.9. The lowest BCUT2D eigenvalue weighted by molar-refractivity contribution is -0.122. The van der Waals surface area contributed by atoms with Crippen molar-refractivity contribution < 1.29 is 28.6 Å². The molecular weight excluding hydrogens is 636 g/mol. The minimum atomic E-state index is -0.846. The second kappa shape index (κ2) is 13.6. The van der Waals surface area contributed by atoms with Gasteiger partial charge in [-0.2, -0.15) is 0 Å². The average Bonchev–Trinajstić information content (AvgIpc) is 3.00. The summed E-state index contributed by atoms with van der Waals surface area (Å²) in [5.41, 5.74) is 2.38. The van der Waals surface area contributed by atoms with Crippen LogP contribution in [0.15, 0.2) is 101 Å². The highest BCUT2D eigenvalue weighted by molar-refractivity contribution is 9.10. The van der Waals surface area contributed by atoms with Crippen molar-refractivity contribution in [2.75, 3.05) is 11.5 Å². The second-order valence-electron chi connectivity index (χ2n) is 9.39. The van der Waals surface area contributed by atoms with Gasteiger partial charge in [0.15, 0.2) is 11.5 Å². The third-order valence-electron chi connectivity index (χ3n) is 6.40. The number of nitrogens with zero attached hydrogens (tertiary/aromatic N) is 1. The normalized spacial score (nSPS) is 14.1. The van der Waals surface area contributed by atoms with Crippen LogP contribution in [-0.2, 0) is 22.8 Å². The van der Waals surface area contributed by atoms with Gasteiger partial charge in [-0.1, -0.05) is 63.9 Å². The lowest BCUT2D eigenvalue weighted by Gasteiger charge is -2.26. The Hall–Kier alpha value is -4.60. The van der Waals surface area contributed by atoms with E-state index in [0.29, 0.717) is 45.5 Å². The van der Waals surface area contributed by atoms with Crippen molar-refractivity contribution in [2.24, 2.45) is 0 Å². The third-order valence-corrected chi connectivity index (χ3v) is 7.14. The summed E-state index contributed by atoms with van der Waals surface area (Å²) >= 11 is 9.40. The number of urea groups is 1. The zero-order valence-electron chi connectivity index (χ0n) is 23.0. The van der Waals surface area contributed by atoms with Crippen molar-refractivity contribution in [3.63, 3.8) is 0 Å². The molecule has 0 saturated carbocycles. The number of benzene rings is 4. The average molecular weight is 662 g/mol. The number of rotatable bonds is 10. The summed E-state index contributed by atoms with van der Waals surface area (Å²) in [4.78, 5) is 39.5. The Labute approximate surface area is 261 Å². The van der Waals surface area contributed by atoms with E-state index in [0.717, 1.165) is 16.0 Å². The van der Waals surface area contributed by atoms with E-state index in [-0.39, 0.29) is 17.9 Å². The first-order valence-electron chi connectivity index (χ1n) is 13.3. The fourth-order valence-electron chi connectivity index (χ4n) is 4.33. The SMILES string of the molecule is CCOc1cc(COc2ccc(Br)cc2/C=C2/C(=O)NC(=O)N(c3ccc(Cl)cc3)C2=O)ccc1OCc1ccccc1. The van der Waals surface area contributed by atoms with Crippen LogP contribution in [-0.4, -0.2) is 24.5 Å². The number of halogens is 2. The number of hydrogen-bond donors (Lipinski definition) is 1. The summed E-state index contributed by atoms with van der Waals surface area (Å²) < 4.78 is 18.7. The molecule has 4 aromatic rings. The molecule has 0 unspecified atom stereocenters. The molecule has 1 saturated heterocycles. The summed E-state index contributed by atoms with van der Waals surface area (Å²) in [5, 5.41) is 2.67. The van der Waals surface area contributed by atoms with Gasteiger partial charge in [-0.15, -0.1) is 0 Å². The van der Waals surface area contributed by atoms with Crippen LogP contribution in [0.2, 0.25) is 5.02 Å². The number of carbonyl (C=O) groups excluding carboxylic acids is 3. The molecular formula is C33H26BrClN2O6. The van der Waals surface area contributed by atoms with Crippen LogP contribution in [0.5, 0.6) is 17.2 Å². The molecule has 4 aromatic carbocycles. The Morgan fingerprint density at radius 2 is 1.49 bits per heavy atom. The van der Waals surface area contributed by atoms with Crippen molar-refractivity contribution in [2.45, 2.75) is 20.1 Å². The van der Waals surface area contributed by atoms with Gasteiger partial charge in [-0.25, -0.2) is 9.69 Å². The van der Waals surface area contributed by atoms with Crippen LogP contribution in [0.25, 0.3) is 6.08 Å². The molecule has 0 spiro atoms. The number of barbiturate groups is 1. The van der Waals surface area contributed by atoms with Gasteiger partial charge < -0.3 is 14.2 Å². The van der Waals surface area contributed by atoms with Crippen LogP contribution >= 0.6 is 27.5 Å². The smallest absolute Gasteiger partial charge is 0.335 e. The van der Waals surface area contributed by atoms with Crippen LogP contribution in [0.1, 0.15) is 23.6 Å². The second-order valence-corrected chi connectivity index (χ2v) is 10.7. The first-order chi connectivity index (χ1) is 20.8. The molecule has 43 heavy (non-hydrogen) atoms. The number of anilines is 1. The van der Waals surface area contributed by atoms with E-state index >= 15 is 0 Å². The molecule has 5 rings (SSSR count). The van der Waals surface area contributed by atoms with Gasteiger partial charge >= 0.3 is 6.03 Å². The van der Waals surface area contributed by atoms with Gasteiger partial charge in [0, 0.05) is 15.1 Å². The van der Waals surface area contributed by atoms with E-state index in [1.54, 1.807) is 30.3 Å². The predicted octanol–water partition coefficient (Wildman–Crippen LogP) is 7.33. The van der Waals surface area contributed by atoms with Crippen LogP contribution in [0.3, 0.4) is 0 Å². The molecule has 218 valence electrons. The van der Waals surface area contributed by atoms with Gasteiger partial charge in [-0.05, 0) is 78.7 Å². The quantitative estimate of drug-likeness (QED) is 0.141.